The molecule has 5 heteroatoms. The summed E-state index contributed by atoms with van der Waals surface area (Å²) in [5.74, 6) is 0.900. The van der Waals surface area contributed by atoms with Gasteiger partial charge in [0.15, 0.2) is 5.82 Å². The van der Waals surface area contributed by atoms with Crippen LogP contribution in [0.1, 0.15) is 11.4 Å². The molecule has 0 bridgehead atoms. The van der Waals surface area contributed by atoms with Crippen LogP contribution in [0.15, 0.2) is 22.9 Å². The van der Waals surface area contributed by atoms with Gasteiger partial charge in [-0.3, -0.25) is 4.98 Å². The fraction of sp³-hybridized carbons (Fsp3) is 0.222. The first kappa shape index (κ1) is 8.83. The third-order valence-corrected chi connectivity index (χ3v) is 1.79. The lowest BCUT2D eigenvalue weighted by Crippen LogP contribution is -1.97. The summed E-state index contributed by atoms with van der Waals surface area (Å²) in [4.78, 5) is 8.20. The van der Waals surface area contributed by atoms with Gasteiger partial charge in [0.05, 0.1) is 6.54 Å². The largest absolute Gasteiger partial charge is 0.332 e. The summed E-state index contributed by atoms with van der Waals surface area (Å²) >= 11 is 0. The maximum atomic E-state index is 5.37. The molecule has 72 valence electrons. The predicted molar refractivity (Wildman–Crippen MR) is 50.2 cm³/mol. The first-order valence-electron chi connectivity index (χ1n) is 4.25. The van der Waals surface area contributed by atoms with Gasteiger partial charge in [-0.2, -0.15) is 4.98 Å². The Morgan fingerprint density at radius 3 is 3.00 bits per heavy atom. The molecule has 0 aliphatic rings. The lowest BCUT2D eigenvalue weighted by atomic mass is 10.2. The zero-order valence-corrected chi connectivity index (χ0v) is 7.77. The van der Waals surface area contributed by atoms with E-state index in [1.165, 1.54) is 0 Å². The Bertz CT molecular complexity index is 438. The van der Waals surface area contributed by atoms with E-state index in [1.807, 2.05) is 19.1 Å². The van der Waals surface area contributed by atoms with Gasteiger partial charge >= 0.3 is 0 Å². The van der Waals surface area contributed by atoms with Crippen molar-refractivity contribution in [2.75, 3.05) is 0 Å². The number of aromatic nitrogens is 3. The molecule has 0 saturated carbocycles. The van der Waals surface area contributed by atoms with Crippen LogP contribution in [-0.4, -0.2) is 15.1 Å². The third-order valence-electron chi connectivity index (χ3n) is 1.79. The first-order valence-corrected chi connectivity index (χ1v) is 4.25. The highest BCUT2D eigenvalue weighted by molar-refractivity contribution is 5.47. The second kappa shape index (κ2) is 3.55. The Morgan fingerprint density at radius 1 is 1.50 bits per heavy atom. The Balaban J connectivity index is 2.39. The van der Waals surface area contributed by atoms with E-state index in [0.717, 1.165) is 5.56 Å². The molecule has 2 heterocycles. The molecule has 0 atom stereocenters. The van der Waals surface area contributed by atoms with Crippen molar-refractivity contribution in [3.05, 3.63) is 29.7 Å². The molecule has 0 fully saturated rings. The van der Waals surface area contributed by atoms with E-state index in [-0.39, 0.29) is 6.54 Å². The van der Waals surface area contributed by atoms with Crippen molar-refractivity contribution >= 4 is 0 Å². The van der Waals surface area contributed by atoms with E-state index < -0.39 is 0 Å². The normalized spacial score (nSPS) is 10.4. The summed E-state index contributed by atoms with van der Waals surface area (Å²) in [6.45, 7) is 2.25. The fourth-order valence-electron chi connectivity index (χ4n) is 1.09. The van der Waals surface area contributed by atoms with Crippen molar-refractivity contribution in [2.24, 2.45) is 5.73 Å². The Hall–Kier alpha value is -1.75. The van der Waals surface area contributed by atoms with Gasteiger partial charge in [-0.05, 0) is 24.6 Å². The van der Waals surface area contributed by atoms with Gasteiger partial charge < -0.3 is 10.3 Å². The maximum Gasteiger partial charge on any atom is 0.276 e. The second-order valence-corrected chi connectivity index (χ2v) is 2.94. The van der Waals surface area contributed by atoms with Crippen LogP contribution in [0.3, 0.4) is 0 Å². The summed E-state index contributed by atoms with van der Waals surface area (Å²) in [5.41, 5.74) is 7.14. The van der Waals surface area contributed by atoms with Crippen LogP contribution in [0.25, 0.3) is 11.6 Å². The van der Waals surface area contributed by atoms with Gasteiger partial charge in [-0.25, -0.2) is 0 Å². The van der Waals surface area contributed by atoms with E-state index >= 15 is 0 Å². The Morgan fingerprint density at radius 2 is 2.36 bits per heavy atom. The van der Waals surface area contributed by atoms with Crippen molar-refractivity contribution < 1.29 is 4.52 Å². The van der Waals surface area contributed by atoms with E-state index in [4.69, 9.17) is 10.3 Å². The molecule has 5 nitrogen and oxygen atoms in total. The van der Waals surface area contributed by atoms with Crippen molar-refractivity contribution in [3.8, 4) is 11.6 Å². The third kappa shape index (κ3) is 1.62. The second-order valence-electron chi connectivity index (χ2n) is 2.94. The highest BCUT2D eigenvalue weighted by Crippen LogP contribution is 2.14. The summed E-state index contributed by atoms with van der Waals surface area (Å²) < 4.78 is 4.99. The van der Waals surface area contributed by atoms with Crippen LogP contribution in [0.4, 0.5) is 0 Å². The van der Waals surface area contributed by atoms with Crippen LogP contribution >= 0.6 is 0 Å². The molecular weight excluding hydrogens is 180 g/mol. The number of hydrogen-bond donors (Lipinski definition) is 1. The van der Waals surface area contributed by atoms with Crippen LogP contribution in [0.2, 0.25) is 0 Å². The van der Waals surface area contributed by atoms with Crippen LogP contribution < -0.4 is 5.73 Å². The molecule has 0 unspecified atom stereocenters. The van der Waals surface area contributed by atoms with Crippen molar-refractivity contribution in [1.82, 2.24) is 15.1 Å². The summed E-state index contributed by atoms with van der Waals surface area (Å²) in [7, 11) is 0. The zero-order chi connectivity index (χ0) is 9.97. The van der Waals surface area contributed by atoms with E-state index in [0.29, 0.717) is 17.4 Å². The molecule has 2 rings (SSSR count). The zero-order valence-electron chi connectivity index (χ0n) is 7.77. The minimum Gasteiger partial charge on any atom is -0.332 e. The topological polar surface area (TPSA) is 77.8 Å². The van der Waals surface area contributed by atoms with Crippen molar-refractivity contribution in [3.63, 3.8) is 0 Å². The highest BCUT2D eigenvalue weighted by Gasteiger charge is 2.08. The van der Waals surface area contributed by atoms with Crippen molar-refractivity contribution in [1.29, 1.82) is 0 Å². The molecule has 2 N–H and O–H groups in total. The molecule has 0 aliphatic heterocycles. The number of pyridine rings is 1. The van der Waals surface area contributed by atoms with Crippen LogP contribution in [0.5, 0.6) is 0 Å². The lowest BCUT2D eigenvalue weighted by molar-refractivity contribution is 0.421. The average Bonchev–Trinajstić information content (AvgIpc) is 2.66. The van der Waals surface area contributed by atoms with Gasteiger partial charge in [0.2, 0.25) is 0 Å². The summed E-state index contributed by atoms with van der Waals surface area (Å²) in [5, 5.41) is 3.69. The minimum absolute atomic E-state index is 0.273. The minimum atomic E-state index is 0.273. The predicted octanol–water partition coefficient (Wildman–Crippen LogP) is 0.899. The molecule has 0 spiro atoms. The number of rotatable bonds is 2. The molecule has 2 aromatic rings. The lowest BCUT2D eigenvalue weighted by Gasteiger charge is -1.93. The molecule has 0 aliphatic carbocycles. The average molecular weight is 190 g/mol. The molecular formula is C9H10N4O. The van der Waals surface area contributed by atoms with Gasteiger partial charge in [-0.1, -0.05) is 5.16 Å². The Kier molecular flexibility index (Phi) is 2.24. The molecule has 0 radical (unpaired) electrons. The summed E-state index contributed by atoms with van der Waals surface area (Å²) in [6, 6.07) is 3.79. The van der Waals surface area contributed by atoms with Gasteiger partial charge in [0.25, 0.3) is 5.89 Å². The standard InChI is InChI=1S/C9H10N4O/c1-6-2-3-11-7(4-6)9-12-8(5-10)13-14-9/h2-4H,5,10H2,1H3. The number of nitrogens with zero attached hydrogens (tertiary/aromatic N) is 3. The molecule has 0 aromatic carbocycles. The maximum absolute atomic E-state index is 5.37. The number of aryl methyl sites for hydroxylation is 1. The van der Waals surface area contributed by atoms with Gasteiger partial charge in [-0.15, -0.1) is 0 Å². The molecule has 0 saturated heterocycles. The van der Waals surface area contributed by atoms with E-state index in [1.54, 1.807) is 6.20 Å². The number of hydrogen-bond acceptors (Lipinski definition) is 5. The highest BCUT2D eigenvalue weighted by atomic mass is 16.5. The molecule has 0 amide bonds. The summed E-state index contributed by atoms with van der Waals surface area (Å²) in [6.07, 6.45) is 1.71. The van der Waals surface area contributed by atoms with E-state index in [9.17, 15) is 0 Å². The van der Waals surface area contributed by atoms with Gasteiger partial charge in [0.1, 0.15) is 5.69 Å². The van der Waals surface area contributed by atoms with E-state index in [2.05, 4.69) is 15.1 Å². The molecule has 2 aromatic heterocycles. The smallest absolute Gasteiger partial charge is 0.276 e. The molecule has 14 heavy (non-hydrogen) atoms. The van der Waals surface area contributed by atoms with Crippen LogP contribution in [0, 0.1) is 6.92 Å². The monoisotopic (exact) mass is 190 g/mol. The SMILES string of the molecule is Cc1ccnc(-c2nc(CN)no2)c1. The quantitative estimate of drug-likeness (QED) is 0.761. The fourth-order valence-corrected chi connectivity index (χ4v) is 1.09. The first-order chi connectivity index (χ1) is 6.79. The Labute approximate surface area is 81.0 Å². The van der Waals surface area contributed by atoms with Crippen molar-refractivity contribution in [2.45, 2.75) is 13.5 Å². The van der Waals surface area contributed by atoms with Gasteiger partial charge in [0, 0.05) is 6.20 Å². The number of nitrogens with two attached hydrogens (primary N) is 1. The van der Waals surface area contributed by atoms with Crippen LogP contribution in [-0.2, 0) is 6.54 Å².